The first-order valence-corrected chi connectivity index (χ1v) is 8.12. The molecule has 4 aromatic rings. The van der Waals surface area contributed by atoms with E-state index in [1.165, 1.54) is 0 Å². The highest BCUT2D eigenvalue weighted by Crippen LogP contribution is 2.17. The summed E-state index contributed by atoms with van der Waals surface area (Å²) < 4.78 is 4.16. The second-order valence-electron chi connectivity index (χ2n) is 6.24. The minimum absolute atomic E-state index is 0.188. The van der Waals surface area contributed by atoms with Crippen molar-refractivity contribution in [1.29, 1.82) is 0 Å². The number of carboxylic acids is 1. The fourth-order valence-electron chi connectivity index (χ4n) is 3.10. The average molecular weight is 331 g/mol. The van der Waals surface area contributed by atoms with Gasteiger partial charge in [0.25, 0.3) is 0 Å². The molecule has 2 heterocycles. The van der Waals surface area contributed by atoms with Gasteiger partial charge in [-0.1, -0.05) is 46.0 Å². The van der Waals surface area contributed by atoms with Crippen LogP contribution in [0.1, 0.15) is 27.2 Å². The standard InChI is InChI=1S/C20H17N3O2/c1-13-11-19-22(12-15-7-9-16(10-8-15)20(24)25)17-5-3-4-6-18(17)23(19)21-14(13)2/h3-11H,12H2,1-2H3. The van der Waals surface area contributed by atoms with Gasteiger partial charge in [-0.25, -0.2) is 4.57 Å². The Labute approximate surface area is 144 Å². The summed E-state index contributed by atoms with van der Waals surface area (Å²) in [5.41, 5.74) is 6.49. The fourth-order valence-corrected chi connectivity index (χ4v) is 3.10. The second kappa shape index (κ2) is 5.70. The normalized spacial score (nSPS) is 11.3. The third-order valence-corrected chi connectivity index (χ3v) is 4.59. The zero-order valence-corrected chi connectivity index (χ0v) is 14.1. The van der Waals surface area contributed by atoms with Crippen molar-refractivity contribution in [1.82, 2.24) is 9.61 Å². The van der Waals surface area contributed by atoms with Crippen LogP contribution in [0.2, 0.25) is 0 Å². The van der Waals surface area contributed by atoms with Gasteiger partial charge in [0.15, 0.2) is 5.52 Å². The number of rotatable bonds is 3. The highest BCUT2D eigenvalue weighted by Gasteiger charge is 2.21. The number of carbonyl (C=O) groups is 1. The van der Waals surface area contributed by atoms with Crippen LogP contribution in [0, 0.1) is 13.8 Å². The first-order chi connectivity index (χ1) is 12.0. The summed E-state index contributed by atoms with van der Waals surface area (Å²) >= 11 is 0. The number of benzene rings is 2. The van der Waals surface area contributed by atoms with Gasteiger partial charge in [-0.2, -0.15) is 0 Å². The molecule has 0 bridgehead atoms. The van der Waals surface area contributed by atoms with Crippen LogP contribution < -0.4 is 9.67 Å². The quantitative estimate of drug-likeness (QED) is 0.538. The maximum absolute atomic E-state index is 10.9. The summed E-state index contributed by atoms with van der Waals surface area (Å²) in [5.74, 6) is -1.16. The summed E-state index contributed by atoms with van der Waals surface area (Å²) in [7, 11) is 0. The molecule has 0 saturated carbocycles. The van der Waals surface area contributed by atoms with Gasteiger partial charge in [0.1, 0.15) is 6.54 Å². The van der Waals surface area contributed by atoms with Crippen molar-refractivity contribution in [3.63, 3.8) is 0 Å². The summed E-state index contributed by atoms with van der Waals surface area (Å²) in [5, 5.41) is 15.6. The monoisotopic (exact) mass is 331 g/mol. The van der Waals surface area contributed by atoms with Crippen LogP contribution in [0.5, 0.6) is 0 Å². The number of nitrogens with zero attached hydrogens (tertiary/aromatic N) is 3. The Bertz CT molecular complexity index is 1110. The molecule has 0 fully saturated rings. The van der Waals surface area contributed by atoms with E-state index in [1.807, 2.05) is 35.7 Å². The zero-order valence-electron chi connectivity index (χ0n) is 14.1. The molecule has 0 aliphatic heterocycles. The second-order valence-corrected chi connectivity index (χ2v) is 6.24. The van der Waals surface area contributed by atoms with Crippen LogP contribution >= 0.6 is 0 Å². The van der Waals surface area contributed by atoms with Crippen molar-refractivity contribution < 1.29 is 14.5 Å². The number of aromatic nitrogens is 3. The van der Waals surface area contributed by atoms with Gasteiger partial charge in [-0.15, -0.1) is 0 Å². The van der Waals surface area contributed by atoms with E-state index in [2.05, 4.69) is 29.7 Å². The van der Waals surface area contributed by atoms with Gasteiger partial charge in [0, 0.05) is 6.07 Å². The summed E-state index contributed by atoms with van der Waals surface area (Å²) in [6.07, 6.45) is 0. The smallest absolute Gasteiger partial charge is 0.308 e. The molecule has 4 rings (SSSR count). The predicted octanol–water partition coefficient (Wildman–Crippen LogP) is 1.80. The van der Waals surface area contributed by atoms with E-state index < -0.39 is 5.97 Å². The lowest BCUT2D eigenvalue weighted by Crippen LogP contribution is -2.34. The Morgan fingerprint density at radius 3 is 2.56 bits per heavy atom. The Kier molecular flexibility index (Phi) is 3.50. The molecule has 25 heavy (non-hydrogen) atoms. The maximum Gasteiger partial charge on any atom is 0.308 e. The molecule has 0 aliphatic carbocycles. The molecule has 124 valence electrons. The number of fused-ring (bicyclic) bond motifs is 3. The molecule has 5 nitrogen and oxygen atoms in total. The highest BCUT2D eigenvalue weighted by atomic mass is 16.4. The third-order valence-electron chi connectivity index (χ3n) is 4.59. The predicted molar refractivity (Wildman–Crippen MR) is 92.2 cm³/mol. The van der Waals surface area contributed by atoms with Gasteiger partial charge in [0.05, 0.1) is 11.7 Å². The molecule has 0 spiro atoms. The number of aromatic carboxylic acids is 1. The lowest BCUT2D eigenvalue weighted by molar-refractivity contribution is -0.636. The number of carbonyl (C=O) groups excluding carboxylic acids is 1. The lowest BCUT2D eigenvalue weighted by Gasteiger charge is -2.04. The Balaban J connectivity index is 1.90. The number of carboxylic acid groups (broad SMARTS) is 1. The van der Waals surface area contributed by atoms with Gasteiger partial charge in [0.2, 0.25) is 5.52 Å². The first kappa shape index (κ1) is 15.3. The van der Waals surface area contributed by atoms with Crippen molar-refractivity contribution in [2.24, 2.45) is 0 Å². The average Bonchev–Trinajstić information content (AvgIpc) is 2.89. The zero-order chi connectivity index (χ0) is 17.6. The Morgan fingerprint density at radius 2 is 1.84 bits per heavy atom. The minimum atomic E-state index is -1.16. The van der Waals surface area contributed by atoms with Crippen molar-refractivity contribution in [2.75, 3.05) is 0 Å². The van der Waals surface area contributed by atoms with Crippen molar-refractivity contribution >= 4 is 22.6 Å². The van der Waals surface area contributed by atoms with Crippen LogP contribution in [-0.4, -0.2) is 15.6 Å². The number of aryl methyl sites for hydroxylation is 2. The summed E-state index contributed by atoms with van der Waals surface area (Å²) in [6, 6.07) is 17.1. The Hall–Kier alpha value is -3.21. The van der Waals surface area contributed by atoms with Gasteiger partial charge in [-0.3, -0.25) is 0 Å². The minimum Gasteiger partial charge on any atom is -0.545 e. The highest BCUT2D eigenvalue weighted by molar-refractivity contribution is 5.85. The van der Waals surface area contributed by atoms with E-state index >= 15 is 0 Å². The van der Waals surface area contributed by atoms with Crippen LogP contribution in [-0.2, 0) is 6.54 Å². The molecule has 2 aromatic heterocycles. The van der Waals surface area contributed by atoms with E-state index in [-0.39, 0.29) is 5.56 Å². The lowest BCUT2D eigenvalue weighted by atomic mass is 10.1. The fraction of sp³-hybridized carbons (Fsp3) is 0.150. The summed E-state index contributed by atoms with van der Waals surface area (Å²) in [4.78, 5) is 10.9. The molecular weight excluding hydrogens is 314 g/mol. The Morgan fingerprint density at radius 1 is 1.12 bits per heavy atom. The van der Waals surface area contributed by atoms with Crippen LogP contribution in [0.15, 0.2) is 54.6 Å². The number of imidazole rings is 1. The molecular formula is C20H17N3O2. The third kappa shape index (κ3) is 2.54. The number of para-hydroxylation sites is 2. The van der Waals surface area contributed by atoms with E-state index in [4.69, 9.17) is 5.10 Å². The van der Waals surface area contributed by atoms with E-state index in [0.29, 0.717) is 6.54 Å². The van der Waals surface area contributed by atoms with E-state index in [9.17, 15) is 9.90 Å². The number of hydrogen-bond donors (Lipinski definition) is 0. The van der Waals surface area contributed by atoms with Gasteiger partial charge < -0.3 is 9.90 Å². The van der Waals surface area contributed by atoms with Crippen LogP contribution in [0.4, 0.5) is 0 Å². The van der Waals surface area contributed by atoms with Crippen LogP contribution in [0.25, 0.3) is 16.7 Å². The van der Waals surface area contributed by atoms with E-state index in [0.717, 1.165) is 33.5 Å². The van der Waals surface area contributed by atoms with Gasteiger partial charge >= 0.3 is 5.65 Å². The molecule has 0 aliphatic rings. The molecule has 0 atom stereocenters. The van der Waals surface area contributed by atoms with Crippen molar-refractivity contribution in [2.45, 2.75) is 20.4 Å². The SMILES string of the molecule is Cc1cc2n(nc1C)c1ccccc1[n+]2Cc1ccc(C(=O)[O-])cc1. The molecule has 0 saturated heterocycles. The largest absolute Gasteiger partial charge is 0.545 e. The topological polar surface area (TPSA) is 61.3 Å². The molecule has 5 heteroatoms. The molecule has 2 aromatic carbocycles. The first-order valence-electron chi connectivity index (χ1n) is 8.12. The number of hydrogen-bond acceptors (Lipinski definition) is 3. The van der Waals surface area contributed by atoms with E-state index in [1.54, 1.807) is 12.1 Å². The maximum atomic E-state index is 10.9. The van der Waals surface area contributed by atoms with Crippen molar-refractivity contribution in [3.05, 3.63) is 77.0 Å². The van der Waals surface area contributed by atoms with Crippen molar-refractivity contribution in [3.8, 4) is 0 Å². The molecule has 0 amide bonds. The van der Waals surface area contributed by atoms with Crippen LogP contribution in [0.3, 0.4) is 0 Å². The molecule has 0 N–H and O–H groups in total. The molecule has 0 unspecified atom stereocenters. The molecule has 0 radical (unpaired) electrons. The van der Waals surface area contributed by atoms with Gasteiger partial charge in [-0.05, 0) is 42.7 Å². The summed E-state index contributed by atoms with van der Waals surface area (Å²) in [6.45, 7) is 4.69.